The number of primary amides is 1. The third-order valence-corrected chi connectivity index (χ3v) is 3.98. The van der Waals surface area contributed by atoms with Crippen LogP contribution in [-0.4, -0.2) is 11.8 Å². The van der Waals surface area contributed by atoms with Crippen LogP contribution in [0.1, 0.15) is 33.5 Å². The molecule has 4 heteroatoms. The number of carbonyl (C=O) groups excluding carboxylic acids is 2. The van der Waals surface area contributed by atoms with Crippen LogP contribution in [0.2, 0.25) is 0 Å². The molecule has 0 aromatic heterocycles. The van der Waals surface area contributed by atoms with Crippen molar-refractivity contribution < 1.29 is 9.59 Å². The van der Waals surface area contributed by atoms with Crippen LogP contribution < -0.4 is 11.1 Å². The molecule has 0 saturated carbocycles. The van der Waals surface area contributed by atoms with E-state index >= 15 is 0 Å². The molecular weight excluding hydrogens is 276 g/mol. The molecule has 0 spiro atoms. The molecule has 4 nitrogen and oxygen atoms in total. The number of hydrogen-bond acceptors (Lipinski definition) is 2. The lowest BCUT2D eigenvalue weighted by Gasteiger charge is -2.07. The molecule has 2 aromatic carbocycles. The zero-order chi connectivity index (χ0) is 15.5. The molecular formula is C18H18N2O2. The van der Waals surface area contributed by atoms with E-state index in [0.29, 0.717) is 17.7 Å². The second kappa shape index (κ2) is 6.02. The van der Waals surface area contributed by atoms with E-state index in [0.717, 1.165) is 18.4 Å². The Bertz CT molecular complexity index is 720. The van der Waals surface area contributed by atoms with Crippen LogP contribution in [0.3, 0.4) is 0 Å². The van der Waals surface area contributed by atoms with E-state index < -0.39 is 5.91 Å². The molecule has 0 saturated heterocycles. The standard InChI is InChI=1S/C18H18N2O2/c19-18(22)14-6-8-16(9-7-14)20-17(21)11-12-4-5-13-2-1-3-15(13)10-12/h4-10H,1-3,11H2,(H2,19,22)(H,20,21). The van der Waals surface area contributed by atoms with Crippen molar-refractivity contribution >= 4 is 17.5 Å². The van der Waals surface area contributed by atoms with Crippen molar-refractivity contribution in [2.24, 2.45) is 5.73 Å². The van der Waals surface area contributed by atoms with Crippen molar-refractivity contribution in [3.8, 4) is 0 Å². The van der Waals surface area contributed by atoms with Crippen molar-refractivity contribution in [2.45, 2.75) is 25.7 Å². The maximum atomic E-state index is 12.1. The Morgan fingerprint density at radius 2 is 1.73 bits per heavy atom. The molecule has 1 aliphatic carbocycles. The van der Waals surface area contributed by atoms with Crippen LogP contribution in [0.15, 0.2) is 42.5 Å². The molecule has 0 aliphatic heterocycles. The summed E-state index contributed by atoms with van der Waals surface area (Å²) in [6.45, 7) is 0. The molecule has 3 rings (SSSR count). The molecule has 0 radical (unpaired) electrons. The first-order valence-corrected chi connectivity index (χ1v) is 7.42. The van der Waals surface area contributed by atoms with E-state index in [9.17, 15) is 9.59 Å². The number of nitrogens with two attached hydrogens (primary N) is 1. The van der Waals surface area contributed by atoms with Crippen LogP contribution in [0, 0.1) is 0 Å². The Hall–Kier alpha value is -2.62. The summed E-state index contributed by atoms with van der Waals surface area (Å²) >= 11 is 0. The van der Waals surface area contributed by atoms with Gasteiger partial charge in [-0.15, -0.1) is 0 Å². The summed E-state index contributed by atoms with van der Waals surface area (Å²) in [7, 11) is 0. The van der Waals surface area contributed by atoms with Crippen molar-refractivity contribution in [1.82, 2.24) is 0 Å². The number of hydrogen-bond donors (Lipinski definition) is 2. The summed E-state index contributed by atoms with van der Waals surface area (Å²) in [5.41, 5.74) is 10.1. The van der Waals surface area contributed by atoms with E-state index in [2.05, 4.69) is 17.4 Å². The maximum Gasteiger partial charge on any atom is 0.248 e. The molecule has 1 aliphatic rings. The first kappa shape index (κ1) is 14.3. The minimum atomic E-state index is -0.476. The van der Waals surface area contributed by atoms with E-state index in [1.54, 1.807) is 24.3 Å². The largest absolute Gasteiger partial charge is 0.366 e. The molecule has 0 fully saturated rings. The second-order valence-electron chi connectivity index (χ2n) is 5.62. The van der Waals surface area contributed by atoms with Gasteiger partial charge in [0.15, 0.2) is 0 Å². The van der Waals surface area contributed by atoms with E-state index in [-0.39, 0.29) is 5.91 Å². The van der Waals surface area contributed by atoms with Crippen molar-refractivity contribution in [3.05, 3.63) is 64.7 Å². The van der Waals surface area contributed by atoms with Gasteiger partial charge < -0.3 is 11.1 Å². The summed E-state index contributed by atoms with van der Waals surface area (Å²) in [4.78, 5) is 23.1. The first-order valence-electron chi connectivity index (χ1n) is 7.42. The number of anilines is 1. The van der Waals surface area contributed by atoms with Crippen LogP contribution in [0.5, 0.6) is 0 Å². The van der Waals surface area contributed by atoms with Gasteiger partial charge in [-0.05, 0) is 60.2 Å². The third-order valence-electron chi connectivity index (χ3n) is 3.98. The van der Waals surface area contributed by atoms with Gasteiger partial charge in [0.25, 0.3) is 0 Å². The average molecular weight is 294 g/mol. The minimum Gasteiger partial charge on any atom is -0.366 e. The Labute approximate surface area is 129 Å². The third kappa shape index (κ3) is 3.17. The lowest BCUT2D eigenvalue weighted by molar-refractivity contribution is -0.115. The van der Waals surface area contributed by atoms with Gasteiger partial charge in [-0.25, -0.2) is 0 Å². The van der Waals surface area contributed by atoms with Crippen molar-refractivity contribution in [2.75, 3.05) is 5.32 Å². The highest BCUT2D eigenvalue weighted by atomic mass is 16.1. The molecule has 0 bridgehead atoms. The molecule has 2 aromatic rings. The molecule has 112 valence electrons. The number of fused-ring (bicyclic) bond motifs is 1. The fourth-order valence-electron chi connectivity index (χ4n) is 2.84. The Kier molecular flexibility index (Phi) is 3.92. The number of aryl methyl sites for hydroxylation is 2. The molecule has 3 N–H and O–H groups in total. The molecule has 0 heterocycles. The Morgan fingerprint density at radius 3 is 2.45 bits per heavy atom. The quantitative estimate of drug-likeness (QED) is 0.909. The van der Waals surface area contributed by atoms with Crippen LogP contribution in [0.25, 0.3) is 0 Å². The van der Waals surface area contributed by atoms with Crippen molar-refractivity contribution in [1.29, 1.82) is 0 Å². The highest BCUT2D eigenvalue weighted by Crippen LogP contribution is 2.23. The second-order valence-corrected chi connectivity index (χ2v) is 5.62. The maximum absolute atomic E-state index is 12.1. The highest BCUT2D eigenvalue weighted by Gasteiger charge is 2.12. The average Bonchev–Trinajstić information content (AvgIpc) is 2.95. The summed E-state index contributed by atoms with van der Waals surface area (Å²) < 4.78 is 0. The number of nitrogens with one attached hydrogen (secondary N) is 1. The summed E-state index contributed by atoms with van der Waals surface area (Å²) in [5.74, 6) is -0.541. The zero-order valence-electron chi connectivity index (χ0n) is 12.3. The van der Waals surface area contributed by atoms with Crippen LogP contribution >= 0.6 is 0 Å². The zero-order valence-corrected chi connectivity index (χ0v) is 12.3. The lowest BCUT2D eigenvalue weighted by atomic mass is 10.0. The topological polar surface area (TPSA) is 72.2 Å². The summed E-state index contributed by atoms with van der Waals surface area (Å²) in [5, 5.41) is 2.83. The molecule has 0 atom stereocenters. The van der Waals surface area contributed by atoms with Gasteiger partial charge in [-0.2, -0.15) is 0 Å². The van der Waals surface area contributed by atoms with E-state index in [4.69, 9.17) is 5.73 Å². The van der Waals surface area contributed by atoms with Gasteiger partial charge in [0.2, 0.25) is 11.8 Å². The SMILES string of the molecule is NC(=O)c1ccc(NC(=O)Cc2ccc3c(c2)CCC3)cc1. The smallest absolute Gasteiger partial charge is 0.248 e. The van der Waals surface area contributed by atoms with Gasteiger partial charge >= 0.3 is 0 Å². The van der Waals surface area contributed by atoms with Crippen LogP contribution in [0.4, 0.5) is 5.69 Å². The lowest BCUT2D eigenvalue weighted by Crippen LogP contribution is -2.15. The summed E-state index contributed by atoms with van der Waals surface area (Å²) in [6.07, 6.45) is 3.81. The predicted molar refractivity (Wildman–Crippen MR) is 85.8 cm³/mol. The number of carbonyl (C=O) groups is 2. The van der Waals surface area contributed by atoms with Crippen molar-refractivity contribution in [3.63, 3.8) is 0 Å². The van der Waals surface area contributed by atoms with Crippen LogP contribution in [-0.2, 0) is 24.1 Å². The molecule has 0 unspecified atom stereocenters. The molecule has 2 amide bonds. The predicted octanol–water partition coefficient (Wildman–Crippen LogP) is 2.46. The normalized spacial score (nSPS) is 12.7. The van der Waals surface area contributed by atoms with E-state index in [1.165, 1.54) is 17.5 Å². The van der Waals surface area contributed by atoms with Gasteiger partial charge in [-0.1, -0.05) is 18.2 Å². The summed E-state index contributed by atoms with van der Waals surface area (Å²) in [6, 6.07) is 12.9. The monoisotopic (exact) mass is 294 g/mol. The fourth-order valence-corrected chi connectivity index (χ4v) is 2.84. The van der Waals surface area contributed by atoms with Gasteiger partial charge in [0.05, 0.1) is 6.42 Å². The Morgan fingerprint density at radius 1 is 1.00 bits per heavy atom. The number of benzene rings is 2. The number of rotatable bonds is 4. The first-order chi connectivity index (χ1) is 10.6. The molecule has 22 heavy (non-hydrogen) atoms. The van der Waals surface area contributed by atoms with Gasteiger partial charge in [0, 0.05) is 11.3 Å². The fraction of sp³-hybridized carbons (Fsp3) is 0.222. The number of amides is 2. The highest BCUT2D eigenvalue weighted by molar-refractivity contribution is 5.95. The van der Waals surface area contributed by atoms with Gasteiger partial charge in [-0.3, -0.25) is 9.59 Å². The van der Waals surface area contributed by atoms with E-state index in [1.807, 2.05) is 6.07 Å². The minimum absolute atomic E-state index is 0.0650. The Balaban J connectivity index is 1.63. The van der Waals surface area contributed by atoms with Gasteiger partial charge in [0.1, 0.15) is 0 Å².